The summed E-state index contributed by atoms with van der Waals surface area (Å²) in [7, 11) is 0. The molecule has 0 saturated carbocycles. The average Bonchev–Trinajstić information content (AvgIpc) is 3.02. The molecule has 7 nitrogen and oxygen atoms in total. The highest BCUT2D eigenvalue weighted by molar-refractivity contribution is 6.02. The molecule has 2 atom stereocenters. The number of nitrogens with zero attached hydrogens (tertiary/aromatic N) is 1. The molecular formula is C18H16N2O5. The molecule has 2 aromatic carbocycles. The highest BCUT2D eigenvalue weighted by Gasteiger charge is 2.25. The van der Waals surface area contributed by atoms with Crippen molar-refractivity contribution in [2.24, 2.45) is 0 Å². The van der Waals surface area contributed by atoms with Gasteiger partial charge < -0.3 is 20.1 Å². The number of rotatable bonds is 5. The van der Waals surface area contributed by atoms with E-state index in [1.54, 1.807) is 12.1 Å². The first-order valence-corrected chi connectivity index (χ1v) is 7.64. The van der Waals surface area contributed by atoms with Gasteiger partial charge in [0, 0.05) is 11.1 Å². The Morgan fingerprint density at radius 3 is 2.52 bits per heavy atom. The van der Waals surface area contributed by atoms with E-state index in [1.165, 1.54) is 13.0 Å². The van der Waals surface area contributed by atoms with Crippen LogP contribution in [0, 0.1) is 0 Å². The van der Waals surface area contributed by atoms with Gasteiger partial charge in [-0.2, -0.15) is 0 Å². The van der Waals surface area contributed by atoms with Gasteiger partial charge >= 0.3 is 5.97 Å². The largest absolute Gasteiger partial charge is 0.480 e. The third kappa shape index (κ3) is 3.36. The third-order valence-corrected chi connectivity index (χ3v) is 3.81. The minimum atomic E-state index is -1.39. The fraction of sp³-hybridized carbons (Fsp3) is 0.167. The van der Waals surface area contributed by atoms with Crippen molar-refractivity contribution in [3.63, 3.8) is 0 Å². The summed E-state index contributed by atoms with van der Waals surface area (Å²) in [6.45, 7) is 1.30. The molecule has 0 radical (unpaired) electrons. The van der Waals surface area contributed by atoms with Gasteiger partial charge in [0.25, 0.3) is 5.91 Å². The second-order valence-corrected chi connectivity index (χ2v) is 5.64. The van der Waals surface area contributed by atoms with Crippen LogP contribution in [0.15, 0.2) is 53.1 Å². The first-order valence-electron chi connectivity index (χ1n) is 7.64. The maximum Gasteiger partial charge on any atom is 0.328 e. The van der Waals surface area contributed by atoms with Crippen molar-refractivity contribution in [1.82, 2.24) is 10.5 Å². The van der Waals surface area contributed by atoms with Crippen LogP contribution in [0.1, 0.15) is 17.3 Å². The topological polar surface area (TPSA) is 113 Å². The fourth-order valence-corrected chi connectivity index (χ4v) is 2.49. The van der Waals surface area contributed by atoms with E-state index in [9.17, 15) is 14.7 Å². The van der Waals surface area contributed by atoms with Crippen LogP contribution in [0.3, 0.4) is 0 Å². The van der Waals surface area contributed by atoms with Crippen molar-refractivity contribution in [2.45, 2.75) is 19.1 Å². The molecule has 3 aromatic rings. The summed E-state index contributed by atoms with van der Waals surface area (Å²) in [5.41, 5.74) is 1.65. The molecule has 0 saturated heterocycles. The van der Waals surface area contributed by atoms with Crippen LogP contribution in [-0.4, -0.2) is 39.4 Å². The summed E-state index contributed by atoms with van der Waals surface area (Å²) < 4.78 is 5.38. The smallest absolute Gasteiger partial charge is 0.328 e. The molecule has 25 heavy (non-hydrogen) atoms. The van der Waals surface area contributed by atoms with Gasteiger partial charge in [0.15, 0.2) is 11.8 Å². The SMILES string of the molecule is CC(O)C(NC(=O)c1ccc2noc(-c3ccccc3)c2c1)C(=O)O. The minimum Gasteiger partial charge on any atom is -0.480 e. The molecular weight excluding hydrogens is 324 g/mol. The van der Waals surface area contributed by atoms with Crippen molar-refractivity contribution >= 4 is 22.8 Å². The number of benzene rings is 2. The van der Waals surface area contributed by atoms with Crippen molar-refractivity contribution in [3.05, 3.63) is 54.1 Å². The Bertz CT molecular complexity index is 918. The lowest BCUT2D eigenvalue weighted by atomic mass is 10.1. The second-order valence-electron chi connectivity index (χ2n) is 5.64. The van der Waals surface area contributed by atoms with Gasteiger partial charge in [0.2, 0.25) is 0 Å². The molecule has 128 valence electrons. The highest BCUT2D eigenvalue weighted by Crippen LogP contribution is 2.29. The number of carboxylic acid groups (broad SMARTS) is 1. The maximum absolute atomic E-state index is 12.3. The summed E-state index contributed by atoms with van der Waals surface area (Å²) in [6, 6.07) is 12.7. The van der Waals surface area contributed by atoms with E-state index in [1.807, 2.05) is 30.3 Å². The van der Waals surface area contributed by atoms with Crippen LogP contribution in [0.25, 0.3) is 22.2 Å². The summed E-state index contributed by atoms with van der Waals surface area (Å²) in [5, 5.41) is 25.5. The van der Waals surface area contributed by atoms with E-state index in [2.05, 4.69) is 10.5 Å². The Morgan fingerprint density at radius 1 is 1.16 bits per heavy atom. The van der Waals surface area contributed by atoms with E-state index in [4.69, 9.17) is 9.63 Å². The molecule has 0 fully saturated rings. The maximum atomic E-state index is 12.3. The summed E-state index contributed by atoms with van der Waals surface area (Å²) in [6.07, 6.45) is -1.22. The van der Waals surface area contributed by atoms with Crippen molar-refractivity contribution in [1.29, 1.82) is 0 Å². The number of aliphatic hydroxyl groups excluding tert-OH is 1. The Balaban J connectivity index is 1.95. The molecule has 3 N–H and O–H groups in total. The molecule has 0 aliphatic rings. The number of fused-ring (bicyclic) bond motifs is 1. The predicted octanol–water partition coefficient (Wildman–Crippen LogP) is 2.06. The standard InChI is InChI=1S/C18H16N2O5/c1-10(21)15(18(23)24)19-17(22)12-7-8-14-13(9-12)16(25-20-14)11-5-3-2-4-6-11/h2-10,15,21H,1H3,(H,19,22)(H,23,24). The normalized spacial score (nSPS) is 13.4. The number of nitrogens with one attached hydrogen (secondary N) is 1. The molecule has 1 aromatic heterocycles. The molecule has 1 amide bonds. The Hall–Kier alpha value is -3.19. The summed E-state index contributed by atoms with van der Waals surface area (Å²) in [5.74, 6) is -1.38. The van der Waals surface area contributed by atoms with Gasteiger partial charge in [0.05, 0.1) is 11.5 Å². The zero-order valence-electron chi connectivity index (χ0n) is 13.3. The molecule has 0 aliphatic heterocycles. The first kappa shape index (κ1) is 16.7. The number of amides is 1. The van der Waals surface area contributed by atoms with Crippen molar-refractivity contribution < 1.29 is 24.3 Å². The van der Waals surface area contributed by atoms with Gasteiger partial charge in [-0.15, -0.1) is 0 Å². The number of aromatic nitrogens is 1. The molecule has 0 bridgehead atoms. The number of carbonyl (C=O) groups is 2. The van der Waals surface area contributed by atoms with Gasteiger partial charge in [-0.05, 0) is 25.1 Å². The van der Waals surface area contributed by atoms with E-state index >= 15 is 0 Å². The van der Waals surface area contributed by atoms with Crippen LogP contribution in [0.2, 0.25) is 0 Å². The van der Waals surface area contributed by atoms with Crippen molar-refractivity contribution in [2.75, 3.05) is 0 Å². The average molecular weight is 340 g/mol. The Kier molecular flexibility index (Phi) is 4.49. The number of carboxylic acids is 1. The van der Waals surface area contributed by atoms with E-state index in [0.29, 0.717) is 16.7 Å². The molecule has 1 heterocycles. The van der Waals surface area contributed by atoms with Crippen LogP contribution >= 0.6 is 0 Å². The number of hydrogen-bond acceptors (Lipinski definition) is 5. The lowest BCUT2D eigenvalue weighted by Gasteiger charge is -2.16. The first-order chi connectivity index (χ1) is 12.0. The number of aliphatic hydroxyl groups is 1. The lowest BCUT2D eigenvalue weighted by molar-refractivity contribution is -0.141. The van der Waals surface area contributed by atoms with Gasteiger partial charge in [-0.3, -0.25) is 4.79 Å². The highest BCUT2D eigenvalue weighted by atomic mass is 16.5. The molecule has 2 unspecified atom stereocenters. The third-order valence-electron chi connectivity index (χ3n) is 3.81. The summed E-state index contributed by atoms with van der Waals surface area (Å²) >= 11 is 0. The minimum absolute atomic E-state index is 0.250. The number of aliphatic carboxylic acids is 1. The van der Waals surface area contributed by atoms with E-state index in [-0.39, 0.29) is 5.56 Å². The fourth-order valence-electron chi connectivity index (χ4n) is 2.49. The van der Waals surface area contributed by atoms with Gasteiger partial charge in [-0.1, -0.05) is 35.5 Å². The zero-order valence-corrected chi connectivity index (χ0v) is 13.3. The van der Waals surface area contributed by atoms with Crippen LogP contribution in [-0.2, 0) is 4.79 Å². The lowest BCUT2D eigenvalue weighted by Crippen LogP contribution is -2.47. The Labute approximate surface area is 142 Å². The molecule has 7 heteroatoms. The predicted molar refractivity (Wildman–Crippen MR) is 90.0 cm³/mol. The summed E-state index contributed by atoms with van der Waals surface area (Å²) in [4.78, 5) is 23.5. The van der Waals surface area contributed by atoms with Gasteiger partial charge in [-0.25, -0.2) is 4.79 Å². The van der Waals surface area contributed by atoms with Gasteiger partial charge in [0.1, 0.15) is 5.52 Å². The monoisotopic (exact) mass is 340 g/mol. The number of carbonyl (C=O) groups excluding carboxylic acids is 1. The van der Waals surface area contributed by atoms with E-state index in [0.717, 1.165) is 5.56 Å². The zero-order chi connectivity index (χ0) is 18.0. The van der Waals surface area contributed by atoms with Crippen molar-refractivity contribution in [3.8, 4) is 11.3 Å². The molecule has 3 rings (SSSR count). The Morgan fingerprint density at radius 2 is 1.88 bits per heavy atom. The number of hydrogen-bond donors (Lipinski definition) is 3. The van der Waals surface area contributed by atoms with Crippen LogP contribution in [0.4, 0.5) is 0 Å². The van der Waals surface area contributed by atoms with E-state index < -0.39 is 24.0 Å². The van der Waals surface area contributed by atoms with Crippen LogP contribution in [0.5, 0.6) is 0 Å². The quantitative estimate of drug-likeness (QED) is 0.655. The van der Waals surface area contributed by atoms with Crippen LogP contribution < -0.4 is 5.32 Å². The second kappa shape index (κ2) is 6.74. The molecule has 0 aliphatic carbocycles. The molecule has 0 spiro atoms.